The van der Waals surface area contributed by atoms with Gasteiger partial charge in [0.15, 0.2) is 16.8 Å². The van der Waals surface area contributed by atoms with E-state index in [0.29, 0.717) is 5.75 Å². The molecular formula is C23H24O7. The van der Waals surface area contributed by atoms with E-state index in [1.54, 1.807) is 12.1 Å². The molecule has 2 N–H and O–H groups in total. The first-order valence-corrected chi connectivity index (χ1v) is 9.50. The van der Waals surface area contributed by atoms with E-state index in [1.165, 1.54) is 6.07 Å². The second-order valence-corrected chi connectivity index (χ2v) is 7.93. The minimum Gasteiger partial charge on any atom is -0.490 e. The van der Waals surface area contributed by atoms with Gasteiger partial charge in [0.1, 0.15) is 25.1 Å². The Morgan fingerprint density at radius 2 is 1.67 bits per heavy atom. The van der Waals surface area contributed by atoms with Crippen LogP contribution in [0.25, 0.3) is 11.0 Å². The molecule has 1 heterocycles. The van der Waals surface area contributed by atoms with Gasteiger partial charge in [0.2, 0.25) is 5.76 Å². The number of hydrogen-bond donors (Lipinski definition) is 2. The van der Waals surface area contributed by atoms with Gasteiger partial charge in [-0.2, -0.15) is 0 Å². The van der Waals surface area contributed by atoms with E-state index in [0.717, 1.165) is 11.6 Å². The third kappa shape index (κ3) is 4.80. The van der Waals surface area contributed by atoms with E-state index < -0.39 is 23.3 Å². The van der Waals surface area contributed by atoms with Crippen molar-refractivity contribution in [3.05, 3.63) is 70.1 Å². The van der Waals surface area contributed by atoms with Crippen LogP contribution < -0.4 is 14.9 Å². The fraction of sp³-hybridized carbons (Fsp3) is 0.304. The Morgan fingerprint density at radius 3 is 2.33 bits per heavy atom. The number of rotatable bonds is 7. The maximum absolute atomic E-state index is 12.1. The van der Waals surface area contributed by atoms with Gasteiger partial charge in [-0.1, -0.05) is 45.0 Å². The zero-order chi connectivity index (χ0) is 21.9. The maximum atomic E-state index is 12.1. The number of para-hydroxylation sites is 2. The Kier molecular flexibility index (Phi) is 6.12. The molecule has 2 aromatic carbocycles. The second kappa shape index (κ2) is 8.59. The van der Waals surface area contributed by atoms with Gasteiger partial charge in [-0.25, -0.2) is 4.79 Å². The third-order valence-electron chi connectivity index (χ3n) is 4.49. The molecule has 7 nitrogen and oxygen atoms in total. The van der Waals surface area contributed by atoms with Crippen molar-refractivity contribution in [2.45, 2.75) is 32.3 Å². The van der Waals surface area contributed by atoms with Crippen molar-refractivity contribution < 1.29 is 28.9 Å². The van der Waals surface area contributed by atoms with Gasteiger partial charge in [0.25, 0.3) is 0 Å². The number of carboxylic acid groups (broad SMARTS) is 1. The molecule has 158 valence electrons. The summed E-state index contributed by atoms with van der Waals surface area (Å²) in [4.78, 5) is 23.3. The molecular weight excluding hydrogens is 388 g/mol. The molecule has 1 atom stereocenters. The summed E-state index contributed by atoms with van der Waals surface area (Å²) in [5.41, 5.74) is 0.450. The van der Waals surface area contributed by atoms with Crippen LogP contribution in [0, 0.1) is 0 Å². The van der Waals surface area contributed by atoms with Crippen molar-refractivity contribution in [3.63, 3.8) is 0 Å². The zero-order valence-corrected chi connectivity index (χ0v) is 17.0. The van der Waals surface area contributed by atoms with E-state index >= 15 is 0 Å². The molecule has 0 bridgehead atoms. The molecule has 0 radical (unpaired) electrons. The van der Waals surface area contributed by atoms with Gasteiger partial charge in [0.05, 0.1) is 5.39 Å². The number of carbonyl (C=O) groups is 1. The largest absolute Gasteiger partial charge is 0.490 e. The summed E-state index contributed by atoms with van der Waals surface area (Å²) in [5, 5.41) is 19.6. The van der Waals surface area contributed by atoms with Gasteiger partial charge in [-0.05, 0) is 29.2 Å². The zero-order valence-electron chi connectivity index (χ0n) is 17.0. The second-order valence-electron chi connectivity index (χ2n) is 7.93. The molecule has 7 heteroatoms. The van der Waals surface area contributed by atoms with Crippen LogP contribution in [-0.4, -0.2) is 35.5 Å². The van der Waals surface area contributed by atoms with Gasteiger partial charge < -0.3 is 24.1 Å². The summed E-state index contributed by atoms with van der Waals surface area (Å²) in [5.74, 6) is -0.978. The molecule has 1 aromatic heterocycles. The van der Waals surface area contributed by atoms with Crippen molar-refractivity contribution in [2.75, 3.05) is 13.2 Å². The molecule has 0 fully saturated rings. The smallest absolute Gasteiger partial charge is 0.371 e. The minimum absolute atomic E-state index is 0.00217. The third-order valence-corrected chi connectivity index (χ3v) is 4.49. The predicted molar refractivity (Wildman–Crippen MR) is 112 cm³/mol. The number of fused-ring (bicyclic) bond motifs is 1. The summed E-state index contributed by atoms with van der Waals surface area (Å²) < 4.78 is 16.7. The summed E-state index contributed by atoms with van der Waals surface area (Å²) in [6.45, 7) is 6.11. The number of aliphatic hydroxyl groups excluding tert-OH is 1. The SMILES string of the molecule is CC(C)(C)c1ccccc1OCC(O)COc1cccc2c(=O)cc(C(=O)O)oc12. The normalized spacial score (nSPS) is 12.5. The monoisotopic (exact) mass is 412 g/mol. The Bertz CT molecular complexity index is 1110. The van der Waals surface area contributed by atoms with Crippen LogP contribution >= 0.6 is 0 Å². The van der Waals surface area contributed by atoms with Crippen molar-refractivity contribution in [1.29, 1.82) is 0 Å². The highest BCUT2D eigenvalue weighted by Gasteiger charge is 2.19. The van der Waals surface area contributed by atoms with Crippen LogP contribution in [0.15, 0.2) is 57.7 Å². The van der Waals surface area contributed by atoms with E-state index in [2.05, 4.69) is 20.8 Å². The number of aliphatic hydroxyl groups is 1. The highest BCUT2D eigenvalue weighted by Crippen LogP contribution is 2.31. The first kappa shape index (κ1) is 21.4. The van der Waals surface area contributed by atoms with Gasteiger partial charge in [-0.3, -0.25) is 4.79 Å². The van der Waals surface area contributed by atoms with Crippen LogP contribution in [0.5, 0.6) is 11.5 Å². The highest BCUT2D eigenvalue weighted by atomic mass is 16.5. The van der Waals surface area contributed by atoms with Crippen molar-refractivity contribution in [3.8, 4) is 11.5 Å². The number of aromatic carboxylic acids is 1. The lowest BCUT2D eigenvalue weighted by Gasteiger charge is -2.23. The number of hydrogen-bond acceptors (Lipinski definition) is 6. The molecule has 0 aliphatic heterocycles. The molecule has 0 amide bonds. The Labute approximate surface area is 173 Å². The van der Waals surface area contributed by atoms with Crippen molar-refractivity contribution >= 4 is 16.9 Å². The fourth-order valence-electron chi connectivity index (χ4n) is 3.00. The first-order chi connectivity index (χ1) is 14.2. The minimum atomic E-state index is -1.35. The molecule has 0 aliphatic rings. The van der Waals surface area contributed by atoms with E-state index in [4.69, 9.17) is 19.0 Å². The van der Waals surface area contributed by atoms with Crippen LogP contribution in [0.2, 0.25) is 0 Å². The van der Waals surface area contributed by atoms with Crippen LogP contribution in [0.3, 0.4) is 0 Å². The van der Waals surface area contributed by atoms with Crippen LogP contribution in [-0.2, 0) is 5.41 Å². The summed E-state index contributed by atoms with van der Waals surface area (Å²) in [6.07, 6.45) is -0.956. The number of benzene rings is 2. The molecule has 0 spiro atoms. The van der Waals surface area contributed by atoms with Crippen LogP contribution in [0.4, 0.5) is 0 Å². The fourth-order valence-corrected chi connectivity index (χ4v) is 3.00. The topological polar surface area (TPSA) is 106 Å². The van der Waals surface area contributed by atoms with Gasteiger partial charge >= 0.3 is 5.97 Å². The Hall–Kier alpha value is -3.32. The Balaban J connectivity index is 1.71. The lowest BCUT2D eigenvalue weighted by Crippen LogP contribution is -2.26. The lowest BCUT2D eigenvalue weighted by atomic mass is 9.86. The molecule has 0 saturated carbocycles. The molecule has 1 unspecified atom stereocenters. The van der Waals surface area contributed by atoms with Crippen molar-refractivity contribution in [2.24, 2.45) is 0 Å². The average Bonchev–Trinajstić information content (AvgIpc) is 2.70. The standard InChI is InChI=1S/C23H24O7/c1-23(2,3)16-8-4-5-9-18(16)28-12-14(24)13-29-19-10-6-7-15-17(25)11-20(22(26)27)30-21(15)19/h4-11,14,24H,12-13H2,1-3H3,(H,26,27). The highest BCUT2D eigenvalue weighted by molar-refractivity contribution is 5.89. The van der Waals surface area contributed by atoms with Gasteiger partial charge in [-0.15, -0.1) is 0 Å². The molecule has 3 rings (SSSR count). The summed E-state index contributed by atoms with van der Waals surface area (Å²) in [7, 11) is 0. The maximum Gasteiger partial charge on any atom is 0.371 e. The van der Waals surface area contributed by atoms with E-state index in [-0.39, 0.29) is 35.3 Å². The summed E-state index contributed by atoms with van der Waals surface area (Å²) >= 11 is 0. The van der Waals surface area contributed by atoms with Gasteiger partial charge in [0, 0.05) is 6.07 Å². The molecule has 0 aliphatic carbocycles. The number of ether oxygens (including phenoxy) is 2. The van der Waals surface area contributed by atoms with E-state index in [9.17, 15) is 14.7 Å². The first-order valence-electron chi connectivity index (χ1n) is 9.50. The quantitative estimate of drug-likeness (QED) is 0.611. The molecule has 0 saturated heterocycles. The summed E-state index contributed by atoms with van der Waals surface area (Å²) in [6, 6.07) is 13.2. The molecule has 30 heavy (non-hydrogen) atoms. The lowest BCUT2D eigenvalue weighted by molar-refractivity contribution is 0.0616. The predicted octanol–water partition coefficient (Wildman–Crippen LogP) is 3.61. The van der Waals surface area contributed by atoms with Crippen LogP contribution in [0.1, 0.15) is 36.9 Å². The van der Waals surface area contributed by atoms with E-state index in [1.807, 2.05) is 24.3 Å². The Morgan fingerprint density at radius 1 is 1.03 bits per heavy atom. The number of carboxylic acids is 1. The molecule has 3 aromatic rings. The average molecular weight is 412 g/mol. The van der Waals surface area contributed by atoms with Crippen molar-refractivity contribution in [1.82, 2.24) is 0 Å².